The Balaban J connectivity index is 1.28. The van der Waals surface area contributed by atoms with Crippen LogP contribution >= 0.6 is 0 Å². The Hall–Kier alpha value is -3.69. The number of rotatable bonds is 7. The standard InChI is InChI=1S/C26H25F2N5O2/c27-20-8-9-23(24(28)14-20)26(34,16-33-18-29-17-30-33)15-32-12-10-21(11-13-32)31-35-25-7-3-5-19-4-1-2-6-22(19)25/h1-9,14,17-18,34H,10-13,15-16H2. The maximum atomic E-state index is 14.7. The number of halogens is 2. The number of benzene rings is 3. The molecule has 0 bridgehead atoms. The molecule has 0 amide bonds. The summed E-state index contributed by atoms with van der Waals surface area (Å²) < 4.78 is 29.6. The third-order valence-corrected chi connectivity index (χ3v) is 6.26. The number of aromatic nitrogens is 3. The van der Waals surface area contributed by atoms with Gasteiger partial charge in [0.05, 0.1) is 12.3 Å². The molecule has 1 aromatic heterocycles. The first-order valence-corrected chi connectivity index (χ1v) is 11.4. The first-order valence-electron chi connectivity index (χ1n) is 11.4. The predicted octanol–water partition coefficient (Wildman–Crippen LogP) is 4.13. The van der Waals surface area contributed by atoms with Crippen LogP contribution in [0.5, 0.6) is 5.75 Å². The summed E-state index contributed by atoms with van der Waals surface area (Å²) in [5.41, 5.74) is -0.685. The number of oxime groups is 1. The van der Waals surface area contributed by atoms with Crippen LogP contribution in [-0.2, 0) is 12.1 Å². The van der Waals surface area contributed by atoms with E-state index in [1.165, 1.54) is 23.4 Å². The second kappa shape index (κ2) is 9.89. The Morgan fingerprint density at radius 2 is 1.80 bits per heavy atom. The van der Waals surface area contributed by atoms with E-state index in [-0.39, 0.29) is 18.7 Å². The number of fused-ring (bicyclic) bond motifs is 1. The maximum Gasteiger partial charge on any atom is 0.165 e. The molecule has 0 aliphatic carbocycles. The molecule has 9 heteroatoms. The van der Waals surface area contributed by atoms with Crippen molar-refractivity contribution in [3.8, 4) is 5.75 Å². The van der Waals surface area contributed by atoms with E-state index >= 15 is 0 Å². The molecule has 0 saturated carbocycles. The van der Waals surface area contributed by atoms with Crippen molar-refractivity contribution in [3.63, 3.8) is 0 Å². The van der Waals surface area contributed by atoms with Crippen LogP contribution in [0.1, 0.15) is 18.4 Å². The lowest BCUT2D eigenvalue weighted by Gasteiger charge is -2.36. The molecule has 1 unspecified atom stereocenters. The van der Waals surface area contributed by atoms with Crippen molar-refractivity contribution in [1.29, 1.82) is 0 Å². The molecular weight excluding hydrogens is 452 g/mol. The van der Waals surface area contributed by atoms with Gasteiger partial charge in [-0.3, -0.25) is 4.90 Å². The second-order valence-electron chi connectivity index (χ2n) is 8.75. The molecule has 0 radical (unpaired) electrons. The zero-order valence-electron chi connectivity index (χ0n) is 19.0. The molecular formula is C26H25F2N5O2. The minimum atomic E-state index is -1.63. The van der Waals surface area contributed by atoms with Crippen LogP contribution in [0.3, 0.4) is 0 Å². The van der Waals surface area contributed by atoms with Crippen LogP contribution in [0.25, 0.3) is 10.8 Å². The molecule has 7 nitrogen and oxygen atoms in total. The van der Waals surface area contributed by atoms with Gasteiger partial charge in [0.2, 0.25) is 0 Å². The smallest absolute Gasteiger partial charge is 0.165 e. The summed E-state index contributed by atoms with van der Waals surface area (Å²) in [7, 11) is 0. The Bertz CT molecular complexity index is 1330. The SMILES string of the molecule is OC(CN1CCC(=NOc2cccc3ccccc23)CC1)(Cn1cncn1)c1ccc(F)cc1F. The fraction of sp³-hybridized carbons (Fsp3) is 0.269. The van der Waals surface area contributed by atoms with Crippen molar-refractivity contribution in [2.24, 2.45) is 5.16 Å². The molecule has 1 atom stereocenters. The normalized spacial score (nSPS) is 16.3. The number of hydrogen-bond donors (Lipinski definition) is 1. The topological polar surface area (TPSA) is 75.8 Å². The summed E-state index contributed by atoms with van der Waals surface area (Å²) in [6.07, 6.45) is 4.10. The minimum Gasteiger partial charge on any atom is -0.382 e. The van der Waals surface area contributed by atoms with Gasteiger partial charge in [-0.05, 0) is 17.5 Å². The van der Waals surface area contributed by atoms with Gasteiger partial charge in [0, 0.05) is 49.5 Å². The summed E-state index contributed by atoms with van der Waals surface area (Å²) in [5, 5.41) is 22.1. The van der Waals surface area contributed by atoms with E-state index in [4.69, 9.17) is 4.84 Å². The number of hydrogen-bond acceptors (Lipinski definition) is 6. The fourth-order valence-electron chi connectivity index (χ4n) is 4.49. The van der Waals surface area contributed by atoms with Gasteiger partial charge in [-0.1, -0.05) is 47.6 Å². The van der Waals surface area contributed by atoms with Crippen molar-refractivity contribution < 1.29 is 18.7 Å². The van der Waals surface area contributed by atoms with Gasteiger partial charge in [-0.15, -0.1) is 0 Å². The third-order valence-electron chi connectivity index (χ3n) is 6.26. The van der Waals surface area contributed by atoms with Gasteiger partial charge in [-0.25, -0.2) is 18.4 Å². The van der Waals surface area contributed by atoms with Gasteiger partial charge in [0.15, 0.2) is 5.75 Å². The predicted molar refractivity (Wildman–Crippen MR) is 128 cm³/mol. The van der Waals surface area contributed by atoms with E-state index in [2.05, 4.69) is 15.2 Å². The zero-order chi connectivity index (χ0) is 24.3. The van der Waals surface area contributed by atoms with Gasteiger partial charge >= 0.3 is 0 Å². The van der Waals surface area contributed by atoms with Gasteiger partial charge in [-0.2, -0.15) is 5.10 Å². The van der Waals surface area contributed by atoms with E-state index in [0.717, 1.165) is 28.6 Å². The summed E-state index contributed by atoms with van der Waals surface area (Å²) >= 11 is 0. The van der Waals surface area contributed by atoms with Crippen molar-refractivity contribution in [2.75, 3.05) is 19.6 Å². The van der Waals surface area contributed by atoms with Crippen molar-refractivity contribution in [3.05, 3.63) is 90.5 Å². The number of aliphatic hydroxyl groups is 1. The average Bonchev–Trinajstić information content (AvgIpc) is 3.36. The van der Waals surface area contributed by atoms with E-state index < -0.39 is 17.2 Å². The summed E-state index contributed by atoms with van der Waals surface area (Å²) in [4.78, 5) is 11.7. The maximum absolute atomic E-state index is 14.7. The highest BCUT2D eigenvalue weighted by Gasteiger charge is 2.36. The van der Waals surface area contributed by atoms with E-state index in [1.807, 2.05) is 47.4 Å². The summed E-state index contributed by atoms with van der Waals surface area (Å²) in [6.45, 7) is 1.35. The van der Waals surface area contributed by atoms with Crippen molar-refractivity contribution in [1.82, 2.24) is 19.7 Å². The lowest BCUT2D eigenvalue weighted by molar-refractivity contribution is -0.0219. The van der Waals surface area contributed by atoms with Crippen molar-refractivity contribution in [2.45, 2.75) is 25.0 Å². The van der Waals surface area contributed by atoms with Crippen LogP contribution in [0.2, 0.25) is 0 Å². The Morgan fingerprint density at radius 3 is 2.57 bits per heavy atom. The van der Waals surface area contributed by atoms with Crippen molar-refractivity contribution >= 4 is 16.5 Å². The van der Waals surface area contributed by atoms with Crippen LogP contribution in [0.4, 0.5) is 8.78 Å². The minimum absolute atomic E-state index is 0.0167. The Labute approximate surface area is 201 Å². The van der Waals surface area contributed by atoms with Crippen LogP contribution in [-0.4, -0.2) is 50.1 Å². The van der Waals surface area contributed by atoms with E-state index in [0.29, 0.717) is 31.7 Å². The molecule has 180 valence electrons. The second-order valence-corrected chi connectivity index (χ2v) is 8.75. The Kier molecular flexibility index (Phi) is 6.52. The summed E-state index contributed by atoms with van der Waals surface area (Å²) in [5.74, 6) is -0.790. The molecule has 1 aliphatic rings. The summed E-state index contributed by atoms with van der Waals surface area (Å²) in [6, 6.07) is 17.0. The number of piperidine rings is 1. The average molecular weight is 478 g/mol. The molecule has 4 aromatic rings. The lowest BCUT2D eigenvalue weighted by atomic mass is 9.91. The Morgan fingerprint density at radius 1 is 1.00 bits per heavy atom. The molecule has 1 N–H and O–H groups in total. The molecule has 35 heavy (non-hydrogen) atoms. The number of likely N-dealkylation sites (tertiary alicyclic amines) is 1. The number of β-amino-alcohol motifs (C(OH)–C–C–N with tert-alkyl or cyclic N) is 1. The van der Waals surface area contributed by atoms with Gasteiger partial charge in [0.25, 0.3) is 0 Å². The van der Waals surface area contributed by atoms with Gasteiger partial charge in [0.1, 0.15) is 29.9 Å². The molecule has 1 aliphatic heterocycles. The lowest BCUT2D eigenvalue weighted by Crippen LogP contribution is -2.47. The van der Waals surface area contributed by atoms with E-state index in [1.54, 1.807) is 0 Å². The zero-order valence-corrected chi connectivity index (χ0v) is 19.0. The monoisotopic (exact) mass is 477 g/mol. The highest BCUT2D eigenvalue weighted by molar-refractivity contribution is 5.89. The highest BCUT2D eigenvalue weighted by Crippen LogP contribution is 2.29. The molecule has 5 rings (SSSR count). The quantitative estimate of drug-likeness (QED) is 0.405. The molecule has 1 fully saturated rings. The first kappa shape index (κ1) is 23.1. The molecule has 2 heterocycles. The fourth-order valence-corrected chi connectivity index (χ4v) is 4.49. The molecule has 3 aromatic carbocycles. The van der Waals surface area contributed by atoms with E-state index in [9.17, 15) is 13.9 Å². The van der Waals surface area contributed by atoms with Crippen LogP contribution in [0, 0.1) is 11.6 Å². The molecule has 0 spiro atoms. The first-order chi connectivity index (χ1) is 17.0. The third kappa shape index (κ3) is 5.21. The highest BCUT2D eigenvalue weighted by atomic mass is 19.1. The largest absolute Gasteiger partial charge is 0.382 e. The van der Waals surface area contributed by atoms with Gasteiger partial charge < -0.3 is 9.94 Å². The van der Waals surface area contributed by atoms with Crippen LogP contribution in [0.15, 0.2) is 78.5 Å². The molecule has 1 saturated heterocycles. The number of nitrogens with zero attached hydrogens (tertiary/aromatic N) is 5. The van der Waals surface area contributed by atoms with Crippen LogP contribution < -0.4 is 4.84 Å².